The number of fused-ring (bicyclic) bond motifs is 1. The maximum Gasteiger partial charge on any atom is 0.335 e. The summed E-state index contributed by atoms with van der Waals surface area (Å²) >= 11 is 0. The van der Waals surface area contributed by atoms with Crippen LogP contribution in [0.2, 0.25) is 0 Å². The second-order valence-corrected chi connectivity index (χ2v) is 6.58. The first-order valence-electron chi connectivity index (χ1n) is 7.38. The molecule has 0 amide bonds. The molecule has 2 aromatic rings. The number of aromatic carboxylic acids is 1. The van der Waals surface area contributed by atoms with E-state index in [-0.39, 0.29) is 5.41 Å². The van der Waals surface area contributed by atoms with E-state index < -0.39 is 5.97 Å². The number of carboxylic acid groups (broad SMARTS) is 1. The number of rotatable bonds is 3. The smallest absolute Gasteiger partial charge is 0.335 e. The van der Waals surface area contributed by atoms with Crippen molar-refractivity contribution in [2.24, 2.45) is 5.41 Å². The zero-order chi connectivity index (χ0) is 15.0. The van der Waals surface area contributed by atoms with Crippen LogP contribution in [0.1, 0.15) is 46.8 Å². The lowest BCUT2D eigenvalue weighted by Gasteiger charge is -2.28. The molecular formula is C19H20O2. The number of hydrogen-bond donors (Lipinski definition) is 1. The van der Waals surface area contributed by atoms with Crippen molar-refractivity contribution in [3.8, 4) is 0 Å². The Kier molecular flexibility index (Phi) is 3.32. The molecule has 1 N–H and O–H groups in total. The zero-order valence-electron chi connectivity index (χ0n) is 12.5. The molecule has 1 unspecified atom stereocenters. The average Bonchev–Trinajstić information content (AvgIpc) is 2.70. The van der Waals surface area contributed by atoms with E-state index in [0.29, 0.717) is 11.5 Å². The summed E-state index contributed by atoms with van der Waals surface area (Å²) in [7, 11) is 0. The molecular weight excluding hydrogens is 260 g/mol. The van der Waals surface area contributed by atoms with Gasteiger partial charge in [-0.2, -0.15) is 0 Å². The van der Waals surface area contributed by atoms with Crippen LogP contribution < -0.4 is 0 Å². The summed E-state index contributed by atoms with van der Waals surface area (Å²) < 4.78 is 0. The second kappa shape index (κ2) is 5.03. The first kappa shape index (κ1) is 13.9. The number of carboxylic acids is 1. The van der Waals surface area contributed by atoms with Crippen LogP contribution >= 0.6 is 0 Å². The van der Waals surface area contributed by atoms with Gasteiger partial charge in [0.15, 0.2) is 0 Å². The van der Waals surface area contributed by atoms with Gasteiger partial charge in [0, 0.05) is 0 Å². The van der Waals surface area contributed by atoms with Crippen molar-refractivity contribution in [3.05, 3.63) is 70.8 Å². The van der Waals surface area contributed by atoms with Crippen LogP contribution in [0.3, 0.4) is 0 Å². The van der Waals surface area contributed by atoms with Crippen molar-refractivity contribution in [2.45, 2.75) is 32.6 Å². The first-order valence-corrected chi connectivity index (χ1v) is 7.38. The zero-order valence-corrected chi connectivity index (χ0v) is 12.5. The fourth-order valence-electron chi connectivity index (χ4n) is 3.58. The maximum atomic E-state index is 11.4. The Balaban J connectivity index is 2.00. The van der Waals surface area contributed by atoms with Crippen molar-refractivity contribution < 1.29 is 9.90 Å². The first-order chi connectivity index (χ1) is 9.99. The molecule has 2 nitrogen and oxygen atoms in total. The van der Waals surface area contributed by atoms with Crippen LogP contribution in [0.4, 0.5) is 0 Å². The van der Waals surface area contributed by atoms with Gasteiger partial charge in [-0.05, 0) is 46.9 Å². The third-order valence-electron chi connectivity index (χ3n) is 4.69. The molecule has 2 aromatic carbocycles. The van der Waals surface area contributed by atoms with Gasteiger partial charge in [0.05, 0.1) is 5.56 Å². The molecule has 0 fully saturated rings. The van der Waals surface area contributed by atoms with Crippen LogP contribution in [0.15, 0.2) is 48.5 Å². The van der Waals surface area contributed by atoms with Crippen LogP contribution in [0.5, 0.6) is 0 Å². The van der Waals surface area contributed by atoms with E-state index in [4.69, 9.17) is 0 Å². The molecule has 0 bridgehead atoms. The maximum absolute atomic E-state index is 11.4. The van der Waals surface area contributed by atoms with Crippen LogP contribution in [-0.2, 0) is 12.8 Å². The van der Waals surface area contributed by atoms with Gasteiger partial charge in [-0.3, -0.25) is 0 Å². The summed E-state index contributed by atoms with van der Waals surface area (Å²) in [5, 5.41) is 9.36. The minimum atomic E-state index is -0.838. The Bertz CT molecular complexity index is 685. The highest BCUT2D eigenvalue weighted by Crippen LogP contribution is 2.48. The highest BCUT2D eigenvalue weighted by atomic mass is 16.4. The highest BCUT2D eigenvalue weighted by molar-refractivity contribution is 5.89. The molecule has 0 spiro atoms. The fourth-order valence-corrected chi connectivity index (χ4v) is 3.58. The largest absolute Gasteiger partial charge is 0.478 e. The van der Waals surface area contributed by atoms with Crippen LogP contribution in [0, 0.1) is 5.41 Å². The molecule has 0 saturated carbocycles. The predicted molar refractivity (Wildman–Crippen MR) is 83.8 cm³/mol. The summed E-state index contributed by atoms with van der Waals surface area (Å²) in [5.41, 5.74) is 4.30. The van der Waals surface area contributed by atoms with Crippen LogP contribution in [-0.4, -0.2) is 11.1 Å². The van der Waals surface area contributed by atoms with E-state index in [2.05, 4.69) is 38.1 Å². The Morgan fingerprint density at radius 3 is 2.57 bits per heavy atom. The molecule has 0 aromatic heterocycles. The van der Waals surface area contributed by atoms with Gasteiger partial charge in [0.1, 0.15) is 0 Å². The molecule has 0 radical (unpaired) electrons. The minimum absolute atomic E-state index is 0.162. The molecule has 0 heterocycles. The molecule has 108 valence electrons. The fraction of sp³-hybridized carbons (Fsp3) is 0.316. The monoisotopic (exact) mass is 280 g/mol. The molecule has 0 saturated heterocycles. The molecule has 21 heavy (non-hydrogen) atoms. The van der Waals surface area contributed by atoms with Crippen molar-refractivity contribution >= 4 is 5.97 Å². The van der Waals surface area contributed by atoms with Gasteiger partial charge in [-0.25, -0.2) is 4.79 Å². The Labute approximate surface area is 125 Å². The standard InChI is InChI=1S/C19H20O2/c1-19(2)12-14-8-4-5-9-15(14)17(19)11-13-7-3-6-10-16(13)18(20)21/h3-10,17H,11-12H2,1-2H3,(H,20,21). The van der Waals surface area contributed by atoms with Gasteiger partial charge in [-0.1, -0.05) is 56.3 Å². The summed E-state index contributed by atoms with van der Waals surface area (Å²) in [5.74, 6) is -0.469. The van der Waals surface area contributed by atoms with E-state index in [1.807, 2.05) is 12.1 Å². The Morgan fingerprint density at radius 1 is 1.14 bits per heavy atom. The van der Waals surface area contributed by atoms with Gasteiger partial charge in [0.25, 0.3) is 0 Å². The molecule has 2 heteroatoms. The average molecular weight is 280 g/mol. The number of benzene rings is 2. The van der Waals surface area contributed by atoms with E-state index in [1.165, 1.54) is 11.1 Å². The number of carbonyl (C=O) groups is 1. The molecule has 1 aliphatic rings. The molecule has 3 rings (SSSR count). The highest BCUT2D eigenvalue weighted by Gasteiger charge is 2.38. The number of hydrogen-bond acceptors (Lipinski definition) is 1. The quantitative estimate of drug-likeness (QED) is 0.910. The van der Waals surface area contributed by atoms with Crippen molar-refractivity contribution in [2.75, 3.05) is 0 Å². The van der Waals surface area contributed by atoms with Gasteiger partial charge < -0.3 is 5.11 Å². The summed E-state index contributed by atoms with van der Waals surface area (Å²) in [4.78, 5) is 11.4. The SMILES string of the molecule is CC1(C)Cc2ccccc2C1Cc1ccccc1C(=O)O. The topological polar surface area (TPSA) is 37.3 Å². The Hall–Kier alpha value is -2.09. The minimum Gasteiger partial charge on any atom is -0.478 e. The third-order valence-corrected chi connectivity index (χ3v) is 4.69. The van der Waals surface area contributed by atoms with E-state index in [0.717, 1.165) is 18.4 Å². The van der Waals surface area contributed by atoms with E-state index in [9.17, 15) is 9.90 Å². The second-order valence-electron chi connectivity index (χ2n) is 6.58. The Morgan fingerprint density at radius 2 is 1.81 bits per heavy atom. The third kappa shape index (κ3) is 2.46. The van der Waals surface area contributed by atoms with Gasteiger partial charge >= 0.3 is 5.97 Å². The van der Waals surface area contributed by atoms with Crippen LogP contribution in [0.25, 0.3) is 0 Å². The van der Waals surface area contributed by atoms with Gasteiger partial charge in [-0.15, -0.1) is 0 Å². The van der Waals surface area contributed by atoms with Crippen molar-refractivity contribution in [1.82, 2.24) is 0 Å². The molecule has 0 aliphatic heterocycles. The van der Waals surface area contributed by atoms with Gasteiger partial charge in [0.2, 0.25) is 0 Å². The summed E-state index contributed by atoms with van der Waals surface area (Å²) in [6, 6.07) is 15.9. The molecule has 1 atom stereocenters. The lowest BCUT2D eigenvalue weighted by molar-refractivity contribution is 0.0695. The normalized spacial score (nSPS) is 19.2. The molecule has 1 aliphatic carbocycles. The summed E-state index contributed by atoms with van der Waals surface area (Å²) in [6.45, 7) is 4.56. The predicted octanol–water partition coefficient (Wildman–Crippen LogP) is 4.29. The van der Waals surface area contributed by atoms with E-state index in [1.54, 1.807) is 12.1 Å². The van der Waals surface area contributed by atoms with Crippen molar-refractivity contribution in [3.63, 3.8) is 0 Å². The lowest BCUT2D eigenvalue weighted by Crippen LogP contribution is -2.20. The van der Waals surface area contributed by atoms with E-state index >= 15 is 0 Å². The lowest BCUT2D eigenvalue weighted by atomic mass is 9.76. The summed E-state index contributed by atoms with van der Waals surface area (Å²) in [6.07, 6.45) is 1.84. The van der Waals surface area contributed by atoms with Crippen molar-refractivity contribution in [1.29, 1.82) is 0 Å².